The summed E-state index contributed by atoms with van der Waals surface area (Å²) in [5, 5.41) is 6.22. The average molecular weight is 331 g/mol. The van der Waals surface area contributed by atoms with Crippen molar-refractivity contribution < 1.29 is 22.5 Å². The van der Waals surface area contributed by atoms with Gasteiger partial charge in [-0.3, -0.25) is 4.79 Å². The zero-order chi connectivity index (χ0) is 16.2. The smallest absolute Gasteiger partial charge is 0.364 e. The highest BCUT2D eigenvalue weighted by molar-refractivity contribution is 6.32. The Bertz CT molecular complexity index is 682. The SMILES string of the molecule is O=C(/C=C\c1cc(C(F)(F)F)ccc1Cl)NCc1ccon1. The number of alkyl halides is 3. The van der Waals surface area contributed by atoms with E-state index in [1.54, 1.807) is 6.07 Å². The number of hydrogen-bond acceptors (Lipinski definition) is 3. The van der Waals surface area contributed by atoms with Crippen LogP contribution < -0.4 is 5.32 Å². The lowest BCUT2D eigenvalue weighted by atomic mass is 10.1. The first-order valence-corrected chi connectivity index (χ1v) is 6.46. The molecule has 1 heterocycles. The zero-order valence-corrected chi connectivity index (χ0v) is 11.8. The third kappa shape index (κ3) is 4.36. The molecule has 2 rings (SSSR count). The lowest BCUT2D eigenvalue weighted by Crippen LogP contribution is -2.20. The van der Waals surface area contributed by atoms with E-state index in [-0.39, 0.29) is 17.1 Å². The Morgan fingerprint density at radius 3 is 2.77 bits per heavy atom. The van der Waals surface area contributed by atoms with Gasteiger partial charge in [0.25, 0.3) is 0 Å². The Labute approximate surface area is 128 Å². The van der Waals surface area contributed by atoms with Gasteiger partial charge in [-0.2, -0.15) is 13.2 Å². The summed E-state index contributed by atoms with van der Waals surface area (Å²) >= 11 is 5.82. The molecule has 8 heteroatoms. The van der Waals surface area contributed by atoms with Gasteiger partial charge in [0.15, 0.2) is 0 Å². The van der Waals surface area contributed by atoms with Gasteiger partial charge in [0.2, 0.25) is 5.91 Å². The molecule has 116 valence electrons. The summed E-state index contributed by atoms with van der Waals surface area (Å²) in [6.07, 6.45) is -0.792. The Morgan fingerprint density at radius 2 is 2.14 bits per heavy atom. The van der Waals surface area contributed by atoms with Gasteiger partial charge in [-0.25, -0.2) is 0 Å². The monoisotopic (exact) mass is 330 g/mol. The van der Waals surface area contributed by atoms with Crippen molar-refractivity contribution in [2.75, 3.05) is 0 Å². The molecule has 0 aliphatic carbocycles. The van der Waals surface area contributed by atoms with Crippen LogP contribution in [-0.4, -0.2) is 11.1 Å². The van der Waals surface area contributed by atoms with Crippen LogP contribution in [0.3, 0.4) is 0 Å². The third-order valence-corrected chi connectivity index (χ3v) is 3.02. The molecule has 0 atom stereocenters. The van der Waals surface area contributed by atoms with E-state index in [2.05, 4.69) is 15.0 Å². The molecule has 0 saturated heterocycles. The second-order valence-electron chi connectivity index (χ2n) is 4.28. The van der Waals surface area contributed by atoms with Crippen LogP contribution in [0.1, 0.15) is 16.8 Å². The molecular formula is C14H10ClF3N2O2. The van der Waals surface area contributed by atoms with E-state index in [1.165, 1.54) is 12.3 Å². The van der Waals surface area contributed by atoms with E-state index in [0.717, 1.165) is 24.3 Å². The number of carbonyl (C=O) groups is 1. The van der Waals surface area contributed by atoms with E-state index in [9.17, 15) is 18.0 Å². The highest BCUT2D eigenvalue weighted by Gasteiger charge is 2.30. The van der Waals surface area contributed by atoms with Gasteiger partial charge in [0.05, 0.1) is 12.1 Å². The van der Waals surface area contributed by atoms with Crippen LogP contribution in [0.25, 0.3) is 6.08 Å². The summed E-state index contributed by atoms with van der Waals surface area (Å²) in [5.41, 5.74) is -0.202. The number of amides is 1. The highest BCUT2D eigenvalue weighted by atomic mass is 35.5. The maximum atomic E-state index is 12.6. The van der Waals surface area contributed by atoms with Crippen molar-refractivity contribution >= 4 is 23.6 Å². The molecule has 4 nitrogen and oxygen atoms in total. The molecule has 1 aromatic heterocycles. The Kier molecular flexibility index (Phi) is 4.87. The fourth-order valence-corrected chi connectivity index (χ4v) is 1.76. The van der Waals surface area contributed by atoms with Crippen molar-refractivity contribution in [1.82, 2.24) is 10.5 Å². The Morgan fingerprint density at radius 1 is 1.36 bits per heavy atom. The van der Waals surface area contributed by atoms with Gasteiger partial charge in [-0.15, -0.1) is 0 Å². The average Bonchev–Trinajstić information content (AvgIpc) is 2.96. The second-order valence-corrected chi connectivity index (χ2v) is 4.68. The number of nitrogens with one attached hydrogen (secondary N) is 1. The molecule has 1 amide bonds. The largest absolute Gasteiger partial charge is 0.416 e. The minimum atomic E-state index is -4.47. The van der Waals surface area contributed by atoms with Crippen molar-refractivity contribution in [1.29, 1.82) is 0 Å². The van der Waals surface area contributed by atoms with Crippen LogP contribution in [-0.2, 0) is 17.5 Å². The summed E-state index contributed by atoms with van der Waals surface area (Å²) < 4.78 is 42.4. The van der Waals surface area contributed by atoms with E-state index in [0.29, 0.717) is 5.69 Å². The van der Waals surface area contributed by atoms with Crippen LogP contribution in [0.2, 0.25) is 5.02 Å². The zero-order valence-electron chi connectivity index (χ0n) is 11.0. The number of benzene rings is 1. The van der Waals surface area contributed by atoms with Gasteiger partial charge in [0.1, 0.15) is 12.0 Å². The lowest BCUT2D eigenvalue weighted by molar-refractivity contribution is -0.137. The van der Waals surface area contributed by atoms with Gasteiger partial charge in [-0.05, 0) is 29.8 Å². The van der Waals surface area contributed by atoms with Crippen molar-refractivity contribution in [3.63, 3.8) is 0 Å². The number of halogens is 4. The third-order valence-electron chi connectivity index (χ3n) is 2.67. The molecule has 2 aromatic rings. The van der Waals surface area contributed by atoms with Crippen molar-refractivity contribution in [3.8, 4) is 0 Å². The summed E-state index contributed by atoms with van der Waals surface area (Å²) in [7, 11) is 0. The minimum Gasteiger partial charge on any atom is -0.364 e. The first kappa shape index (κ1) is 16.1. The highest BCUT2D eigenvalue weighted by Crippen LogP contribution is 2.32. The lowest BCUT2D eigenvalue weighted by Gasteiger charge is -2.08. The van der Waals surface area contributed by atoms with Gasteiger partial charge in [0, 0.05) is 17.2 Å². The van der Waals surface area contributed by atoms with E-state index >= 15 is 0 Å². The Hall–Kier alpha value is -2.28. The summed E-state index contributed by atoms with van der Waals surface area (Å²) in [6.45, 7) is 0.149. The summed E-state index contributed by atoms with van der Waals surface area (Å²) in [6, 6.07) is 4.47. The number of rotatable bonds is 4. The predicted molar refractivity (Wildman–Crippen MR) is 73.8 cm³/mol. The molecule has 0 unspecified atom stereocenters. The van der Waals surface area contributed by atoms with Crippen LogP contribution in [0.15, 0.2) is 41.1 Å². The number of hydrogen-bond donors (Lipinski definition) is 1. The molecule has 0 spiro atoms. The summed E-state index contributed by atoms with van der Waals surface area (Å²) in [4.78, 5) is 11.6. The van der Waals surface area contributed by atoms with Gasteiger partial charge >= 0.3 is 6.18 Å². The van der Waals surface area contributed by atoms with Crippen LogP contribution in [0, 0.1) is 0 Å². The molecule has 0 saturated carbocycles. The molecule has 1 aromatic carbocycles. The molecule has 22 heavy (non-hydrogen) atoms. The second kappa shape index (κ2) is 6.65. The number of aromatic nitrogens is 1. The maximum Gasteiger partial charge on any atom is 0.416 e. The maximum absolute atomic E-state index is 12.6. The van der Waals surface area contributed by atoms with Gasteiger partial charge in [-0.1, -0.05) is 16.8 Å². The molecule has 1 N–H and O–H groups in total. The molecule has 0 bridgehead atoms. The fourth-order valence-electron chi connectivity index (χ4n) is 1.58. The fraction of sp³-hybridized carbons (Fsp3) is 0.143. The normalized spacial score (nSPS) is 11.8. The topological polar surface area (TPSA) is 55.1 Å². The molecular weight excluding hydrogens is 321 g/mol. The van der Waals surface area contributed by atoms with E-state index in [4.69, 9.17) is 11.6 Å². The molecule has 0 aliphatic rings. The van der Waals surface area contributed by atoms with Gasteiger partial charge < -0.3 is 9.84 Å². The van der Waals surface area contributed by atoms with E-state index < -0.39 is 17.6 Å². The number of nitrogens with zero attached hydrogens (tertiary/aromatic N) is 1. The first-order chi connectivity index (χ1) is 10.4. The quantitative estimate of drug-likeness (QED) is 0.870. The van der Waals surface area contributed by atoms with Crippen LogP contribution in [0.4, 0.5) is 13.2 Å². The summed E-state index contributed by atoms with van der Waals surface area (Å²) in [5.74, 6) is -0.489. The first-order valence-electron chi connectivity index (χ1n) is 6.08. The Balaban J connectivity index is 2.04. The van der Waals surface area contributed by atoms with Crippen LogP contribution in [0.5, 0.6) is 0 Å². The van der Waals surface area contributed by atoms with Crippen molar-refractivity contribution in [2.45, 2.75) is 12.7 Å². The minimum absolute atomic E-state index is 0.105. The van der Waals surface area contributed by atoms with Crippen LogP contribution >= 0.6 is 11.6 Å². The molecule has 0 aliphatic heterocycles. The molecule has 0 fully saturated rings. The van der Waals surface area contributed by atoms with Crippen molar-refractivity contribution in [3.05, 3.63) is 58.4 Å². The standard InChI is InChI=1S/C14H10ClF3N2O2/c15-12-3-2-10(14(16,17)18)7-9(12)1-4-13(21)19-8-11-5-6-22-20-11/h1-7H,8H2,(H,19,21)/b4-1-. The van der Waals surface area contributed by atoms with Crippen molar-refractivity contribution in [2.24, 2.45) is 0 Å². The van der Waals surface area contributed by atoms with E-state index in [1.807, 2.05) is 0 Å². The number of carbonyl (C=O) groups excluding carboxylic acids is 1. The molecule has 0 radical (unpaired) electrons. The predicted octanol–water partition coefficient (Wildman–Crippen LogP) is 3.68.